The van der Waals surface area contributed by atoms with Gasteiger partial charge in [-0.25, -0.2) is 0 Å². The molecule has 0 aromatic heterocycles. The van der Waals surface area contributed by atoms with E-state index in [1.54, 1.807) is 0 Å². The van der Waals surface area contributed by atoms with Gasteiger partial charge in [-0.1, -0.05) is 32.0 Å². The number of hydrogen-bond donors (Lipinski definition) is 2. The second kappa shape index (κ2) is 11.9. The molecule has 0 spiro atoms. The van der Waals surface area contributed by atoms with Crippen molar-refractivity contribution in [3.63, 3.8) is 0 Å². The van der Waals surface area contributed by atoms with Crippen LogP contribution in [-0.4, -0.2) is 35.1 Å². The molecule has 22 heavy (non-hydrogen) atoms. The molecule has 0 saturated heterocycles. The van der Waals surface area contributed by atoms with Gasteiger partial charge in [0.25, 0.3) is 0 Å². The SMILES string of the molecule is CCNC(=NCCS(=O)c1ccccc1)NC(C)C(C)C.I. The van der Waals surface area contributed by atoms with Crippen LogP contribution >= 0.6 is 24.0 Å². The number of nitrogens with one attached hydrogen (secondary N) is 2. The number of hydrogen-bond acceptors (Lipinski definition) is 2. The molecule has 0 heterocycles. The van der Waals surface area contributed by atoms with Crippen LogP contribution in [0, 0.1) is 5.92 Å². The topological polar surface area (TPSA) is 53.5 Å². The molecular formula is C16H28IN3OS. The van der Waals surface area contributed by atoms with Gasteiger partial charge in [-0.3, -0.25) is 9.20 Å². The minimum Gasteiger partial charge on any atom is -0.357 e. The van der Waals surface area contributed by atoms with Gasteiger partial charge in [0, 0.05) is 23.2 Å². The predicted molar refractivity (Wildman–Crippen MR) is 107 cm³/mol. The van der Waals surface area contributed by atoms with Crippen molar-refractivity contribution in [3.05, 3.63) is 30.3 Å². The molecule has 0 amide bonds. The summed E-state index contributed by atoms with van der Waals surface area (Å²) in [6.07, 6.45) is 0. The zero-order valence-corrected chi connectivity index (χ0v) is 17.0. The van der Waals surface area contributed by atoms with Crippen molar-refractivity contribution in [1.29, 1.82) is 0 Å². The number of benzene rings is 1. The van der Waals surface area contributed by atoms with Crippen molar-refractivity contribution in [1.82, 2.24) is 10.6 Å². The summed E-state index contributed by atoms with van der Waals surface area (Å²) in [6, 6.07) is 9.88. The highest BCUT2D eigenvalue weighted by atomic mass is 127. The molecule has 0 radical (unpaired) electrons. The summed E-state index contributed by atoms with van der Waals surface area (Å²) in [5, 5.41) is 6.59. The molecule has 2 unspecified atom stereocenters. The first kappa shape index (κ1) is 21.4. The Morgan fingerprint density at radius 1 is 1.23 bits per heavy atom. The van der Waals surface area contributed by atoms with Gasteiger partial charge in [0.2, 0.25) is 0 Å². The summed E-state index contributed by atoms with van der Waals surface area (Å²) >= 11 is 0. The lowest BCUT2D eigenvalue weighted by molar-refractivity contribution is 0.481. The molecular weight excluding hydrogens is 409 g/mol. The van der Waals surface area contributed by atoms with Gasteiger partial charge >= 0.3 is 0 Å². The largest absolute Gasteiger partial charge is 0.357 e. The van der Waals surface area contributed by atoms with E-state index in [1.807, 2.05) is 37.3 Å². The average molecular weight is 437 g/mol. The molecule has 0 aliphatic heterocycles. The Balaban J connectivity index is 0.00000441. The number of guanidine groups is 1. The fourth-order valence-electron chi connectivity index (χ4n) is 1.63. The van der Waals surface area contributed by atoms with E-state index in [2.05, 4.69) is 36.4 Å². The second-order valence-corrected chi connectivity index (χ2v) is 6.87. The first-order valence-electron chi connectivity index (χ1n) is 7.52. The number of halogens is 1. The molecule has 2 atom stereocenters. The number of rotatable bonds is 7. The van der Waals surface area contributed by atoms with Gasteiger partial charge in [-0.15, -0.1) is 24.0 Å². The van der Waals surface area contributed by atoms with Gasteiger partial charge in [0.15, 0.2) is 5.96 Å². The lowest BCUT2D eigenvalue weighted by Crippen LogP contribution is -2.44. The zero-order chi connectivity index (χ0) is 15.7. The Morgan fingerprint density at radius 3 is 2.41 bits per heavy atom. The van der Waals surface area contributed by atoms with E-state index in [0.717, 1.165) is 17.4 Å². The van der Waals surface area contributed by atoms with Crippen molar-refractivity contribution in [2.24, 2.45) is 10.9 Å². The first-order valence-corrected chi connectivity index (χ1v) is 8.84. The van der Waals surface area contributed by atoms with Crippen molar-refractivity contribution in [2.45, 2.75) is 38.6 Å². The van der Waals surface area contributed by atoms with E-state index in [9.17, 15) is 4.21 Å². The molecule has 0 fully saturated rings. The lowest BCUT2D eigenvalue weighted by atomic mass is 10.1. The van der Waals surface area contributed by atoms with Crippen LogP contribution < -0.4 is 10.6 Å². The summed E-state index contributed by atoms with van der Waals surface area (Å²) in [5.74, 6) is 1.87. The van der Waals surface area contributed by atoms with E-state index < -0.39 is 10.8 Å². The van der Waals surface area contributed by atoms with E-state index in [-0.39, 0.29) is 24.0 Å². The van der Waals surface area contributed by atoms with E-state index >= 15 is 0 Å². The molecule has 0 saturated carbocycles. The minimum absolute atomic E-state index is 0. The fourth-order valence-corrected chi connectivity index (χ4v) is 2.59. The summed E-state index contributed by atoms with van der Waals surface area (Å²) in [7, 11) is -0.988. The third-order valence-electron chi connectivity index (χ3n) is 3.26. The van der Waals surface area contributed by atoms with Gasteiger partial charge in [-0.05, 0) is 31.9 Å². The molecule has 0 aliphatic rings. The molecule has 1 aromatic carbocycles. The highest BCUT2D eigenvalue weighted by Crippen LogP contribution is 2.05. The van der Waals surface area contributed by atoms with Crippen LogP contribution in [-0.2, 0) is 10.8 Å². The van der Waals surface area contributed by atoms with E-state index in [1.165, 1.54) is 0 Å². The van der Waals surface area contributed by atoms with Crippen LogP contribution in [0.1, 0.15) is 27.7 Å². The van der Waals surface area contributed by atoms with Crippen molar-refractivity contribution in [2.75, 3.05) is 18.8 Å². The maximum atomic E-state index is 12.1. The Bertz CT molecular complexity index is 466. The Hall–Kier alpha value is -0.630. The Morgan fingerprint density at radius 2 is 1.86 bits per heavy atom. The predicted octanol–water partition coefficient (Wildman–Crippen LogP) is 3.01. The smallest absolute Gasteiger partial charge is 0.191 e. The standard InChI is InChI=1S/C16H27N3OS.HI/c1-5-17-16(19-14(4)13(2)3)18-11-12-21(20)15-9-7-6-8-10-15;/h6-10,13-14H,5,11-12H2,1-4H3,(H2,17,18,19);1H. The lowest BCUT2D eigenvalue weighted by Gasteiger charge is -2.20. The van der Waals surface area contributed by atoms with E-state index in [0.29, 0.717) is 24.3 Å². The van der Waals surface area contributed by atoms with Crippen LogP contribution in [0.5, 0.6) is 0 Å². The first-order chi connectivity index (χ1) is 10.0. The van der Waals surface area contributed by atoms with Crippen molar-refractivity contribution in [3.8, 4) is 0 Å². The van der Waals surface area contributed by atoms with E-state index in [4.69, 9.17) is 0 Å². The highest BCUT2D eigenvalue weighted by Gasteiger charge is 2.09. The van der Waals surface area contributed by atoms with Crippen molar-refractivity contribution >= 4 is 40.7 Å². The molecule has 2 N–H and O–H groups in total. The van der Waals surface area contributed by atoms with Crippen molar-refractivity contribution < 1.29 is 4.21 Å². The van der Waals surface area contributed by atoms with Gasteiger partial charge in [0.05, 0.1) is 17.3 Å². The third-order valence-corrected chi connectivity index (χ3v) is 4.61. The molecule has 0 bridgehead atoms. The van der Waals surface area contributed by atoms with Gasteiger partial charge in [-0.2, -0.15) is 0 Å². The summed E-state index contributed by atoms with van der Waals surface area (Å²) < 4.78 is 12.1. The van der Waals surface area contributed by atoms with Gasteiger partial charge in [0.1, 0.15) is 0 Å². The summed E-state index contributed by atoms with van der Waals surface area (Å²) in [6.45, 7) is 9.89. The molecule has 0 aliphatic carbocycles. The van der Waals surface area contributed by atoms with Crippen LogP contribution in [0.15, 0.2) is 40.2 Å². The maximum absolute atomic E-state index is 12.1. The summed E-state index contributed by atoms with van der Waals surface area (Å²) in [4.78, 5) is 5.36. The average Bonchev–Trinajstić information content (AvgIpc) is 2.48. The Kier molecular flexibility index (Phi) is 11.5. The van der Waals surface area contributed by atoms with Crippen LogP contribution in [0.3, 0.4) is 0 Å². The van der Waals surface area contributed by atoms with Crippen LogP contribution in [0.2, 0.25) is 0 Å². The molecule has 126 valence electrons. The van der Waals surface area contributed by atoms with Gasteiger partial charge < -0.3 is 10.6 Å². The Labute approximate surface area is 154 Å². The molecule has 1 rings (SSSR count). The molecule has 1 aromatic rings. The highest BCUT2D eigenvalue weighted by molar-refractivity contribution is 14.0. The summed E-state index contributed by atoms with van der Waals surface area (Å²) in [5.41, 5.74) is 0. The number of aliphatic imine (C=N–C) groups is 1. The maximum Gasteiger partial charge on any atom is 0.191 e. The third kappa shape index (κ3) is 8.12. The fraction of sp³-hybridized carbons (Fsp3) is 0.562. The quantitative estimate of drug-likeness (QED) is 0.392. The monoisotopic (exact) mass is 437 g/mol. The number of nitrogens with zero attached hydrogens (tertiary/aromatic N) is 1. The molecule has 6 heteroatoms. The second-order valence-electron chi connectivity index (χ2n) is 5.30. The van der Waals surface area contributed by atoms with Crippen LogP contribution in [0.4, 0.5) is 0 Å². The molecule has 4 nitrogen and oxygen atoms in total. The normalized spacial score (nSPS) is 14.1. The minimum atomic E-state index is -0.988. The van der Waals surface area contributed by atoms with Crippen LogP contribution in [0.25, 0.3) is 0 Å². The zero-order valence-electron chi connectivity index (χ0n) is 13.8.